The number of carbonyl (C=O) groups excluding carboxylic acids is 1. The van der Waals surface area contributed by atoms with Gasteiger partial charge in [-0.05, 0) is 26.0 Å². The number of hydrogen-bond donors (Lipinski definition) is 0. The summed E-state index contributed by atoms with van der Waals surface area (Å²) in [5.41, 5.74) is 2.15. The van der Waals surface area contributed by atoms with Gasteiger partial charge in [-0.25, -0.2) is 8.42 Å². The monoisotopic (exact) mass is 403 g/mol. The van der Waals surface area contributed by atoms with Crippen molar-refractivity contribution in [1.29, 1.82) is 0 Å². The summed E-state index contributed by atoms with van der Waals surface area (Å²) in [5.74, 6) is -0.0216. The SMILES string of the molecule is CCn1cc(C(=O)N2CCN(Cc3ccccn3)C3CS(=O)(=O)CC32)c(C)n1. The number of rotatable bonds is 4. The molecular weight excluding hydrogens is 378 g/mol. The van der Waals surface area contributed by atoms with Crippen molar-refractivity contribution in [3.63, 3.8) is 0 Å². The van der Waals surface area contributed by atoms with Gasteiger partial charge in [0.2, 0.25) is 0 Å². The highest BCUT2D eigenvalue weighted by atomic mass is 32.2. The van der Waals surface area contributed by atoms with Crippen LogP contribution in [-0.4, -0.2) is 75.6 Å². The number of aromatic nitrogens is 3. The number of aryl methyl sites for hydroxylation is 2. The number of nitrogens with zero attached hydrogens (tertiary/aromatic N) is 5. The average Bonchev–Trinajstić information content (AvgIpc) is 3.21. The molecule has 2 unspecified atom stereocenters. The molecule has 9 heteroatoms. The van der Waals surface area contributed by atoms with E-state index < -0.39 is 9.84 Å². The Morgan fingerprint density at radius 3 is 2.68 bits per heavy atom. The van der Waals surface area contributed by atoms with Crippen LogP contribution in [-0.2, 0) is 22.9 Å². The van der Waals surface area contributed by atoms with Gasteiger partial charge in [-0.2, -0.15) is 5.10 Å². The maximum atomic E-state index is 13.2. The van der Waals surface area contributed by atoms with Crippen molar-refractivity contribution < 1.29 is 13.2 Å². The average molecular weight is 404 g/mol. The summed E-state index contributed by atoms with van der Waals surface area (Å²) in [4.78, 5) is 21.5. The predicted octanol–water partition coefficient (Wildman–Crippen LogP) is 0.730. The molecule has 2 aromatic heterocycles. The van der Waals surface area contributed by atoms with Crippen LogP contribution in [0, 0.1) is 6.92 Å². The van der Waals surface area contributed by atoms with Crippen LogP contribution in [0.3, 0.4) is 0 Å². The molecule has 2 aliphatic heterocycles. The van der Waals surface area contributed by atoms with Gasteiger partial charge in [0, 0.05) is 44.6 Å². The Morgan fingerprint density at radius 1 is 1.21 bits per heavy atom. The lowest BCUT2D eigenvalue weighted by molar-refractivity contribution is 0.0302. The molecule has 28 heavy (non-hydrogen) atoms. The van der Waals surface area contributed by atoms with Crippen LogP contribution in [0.4, 0.5) is 0 Å². The first-order valence-corrected chi connectivity index (χ1v) is 11.4. The van der Waals surface area contributed by atoms with Gasteiger partial charge in [0.15, 0.2) is 9.84 Å². The summed E-state index contributed by atoms with van der Waals surface area (Å²) in [6.45, 7) is 6.19. The standard InChI is InChI=1S/C19H25N5O3S/c1-3-23-11-16(14(2)21-23)19(25)24-9-8-22(10-15-6-4-5-7-20-15)17-12-28(26,27)13-18(17)24/h4-7,11,17-18H,3,8-10,12-13H2,1-2H3. The number of carbonyl (C=O) groups is 1. The van der Waals surface area contributed by atoms with E-state index >= 15 is 0 Å². The first kappa shape index (κ1) is 19.1. The van der Waals surface area contributed by atoms with Gasteiger partial charge in [0.05, 0.1) is 34.5 Å². The molecule has 4 rings (SSSR count). The maximum absolute atomic E-state index is 13.2. The minimum Gasteiger partial charge on any atom is -0.332 e. The molecule has 0 aromatic carbocycles. The third kappa shape index (κ3) is 3.56. The second-order valence-corrected chi connectivity index (χ2v) is 9.64. The van der Waals surface area contributed by atoms with Crippen molar-refractivity contribution in [2.24, 2.45) is 0 Å². The van der Waals surface area contributed by atoms with E-state index in [1.165, 1.54) is 0 Å². The summed E-state index contributed by atoms with van der Waals surface area (Å²) in [7, 11) is -3.19. The Morgan fingerprint density at radius 2 is 2.00 bits per heavy atom. The van der Waals surface area contributed by atoms with Gasteiger partial charge in [0.25, 0.3) is 5.91 Å². The minimum absolute atomic E-state index is 0.0170. The molecule has 150 valence electrons. The molecule has 1 amide bonds. The van der Waals surface area contributed by atoms with Crippen molar-refractivity contribution in [3.8, 4) is 0 Å². The quantitative estimate of drug-likeness (QED) is 0.748. The maximum Gasteiger partial charge on any atom is 0.257 e. The Labute approximate surface area is 165 Å². The highest BCUT2D eigenvalue weighted by Crippen LogP contribution is 2.29. The van der Waals surface area contributed by atoms with E-state index in [1.54, 1.807) is 22.0 Å². The molecule has 2 fully saturated rings. The fourth-order valence-corrected chi connectivity index (χ4v) is 6.23. The molecule has 0 saturated carbocycles. The van der Waals surface area contributed by atoms with Crippen molar-refractivity contribution in [2.75, 3.05) is 24.6 Å². The smallest absolute Gasteiger partial charge is 0.257 e. The fourth-order valence-electron chi connectivity index (χ4n) is 4.22. The van der Waals surface area contributed by atoms with Crippen LogP contribution >= 0.6 is 0 Å². The van der Waals surface area contributed by atoms with Crippen molar-refractivity contribution in [1.82, 2.24) is 24.6 Å². The minimum atomic E-state index is -3.19. The first-order valence-electron chi connectivity index (χ1n) is 9.57. The second-order valence-electron chi connectivity index (χ2n) is 7.49. The number of sulfone groups is 1. The molecule has 2 aliphatic rings. The van der Waals surface area contributed by atoms with Crippen LogP contribution in [0.25, 0.3) is 0 Å². The molecule has 0 N–H and O–H groups in total. The van der Waals surface area contributed by atoms with E-state index in [1.807, 2.05) is 32.0 Å². The Bertz CT molecular complexity index is 973. The van der Waals surface area contributed by atoms with E-state index in [0.29, 0.717) is 37.4 Å². The normalized spacial score (nSPS) is 24.3. The summed E-state index contributed by atoms with van der Waals surface area (Å²) in [5, 5.41) is 4.36. The van der Waals surface area contributed by atoms with Crippen LogP contribution < -0.4 is 0 Å². The Kier molecular flexibility index (Phi) is 4.96. The molecule has 0 aliphatic carbocycles. The zero-order valence-electron chi connectivity index (χ0n) is 16.2. The van der Waals surface area contributed by atoms with Crippen molar-refractivity contribution in [3.05, 3.63) is 47.5 Å². The third-order valence-electron chi connectivity index (χ3n) is 5.64. The van der Waals surface area contributed by atoms with Gasteiger partial charge < -0.3 is 4.90 Å². The van der Waals surface area contributed by atoms with Crippen LogP contribution in [0.1, 0.15) is 28.7 Å². The summed E-state index contributed by atoms with van der Waals surface area (Å²) >= 11 is 0. The zero-order valence-corrected chi connectivity index (χ0v) is 17.0. The number of hydrogen-bond acceptors (Lipinski definition) is 6. The zero-order chi connectivity index (χ0) is 19.9. The third-order valence-corrected chi connectivity index (χ3v) is 7.34. The number of pyridine rings is 1. The van der Waals surface area contributed by atoms with Crippen molar-refractivity contribution >= 4 is 15.7 Å². The van der Waals surface area contributed by atoms with Crippen molar-refractivity contribution in [2.45, 2.75) is 39.0 Å². The first-order chi connectivity index (χ1) is 13.4. The molecule has 0 bridgehead atoms. The fraction of sp³-hybridized carbons (Fsp3) is 0.526. The number of piperazine rings is 1. The lowest BCUT2D eigenvalue weighted by Gasteiger charge is -2.43. The lowest BCUT2D eigenvalue weighted by atomic mass is 10.0. The van der Waals surface area contributed by atoms with E-state index in [2.05, 4.69) is 15.0 Å². The summed E-state index contributed by atoms with van der Waals surface area (Å²) in [6, 6.07) is 5.20. The largest absolute Gasteiger partial charge is 0.332 e. The molecule has 2 aromatic rings. The van der Waals surface area contributed by atoms with Gasteiger partial charge in [-0.15, -0.1) is 0 Å². The topological polar surface area (TPSA) is 88.4 Å². The molecular formula is C19H25N5O3S. The van der Waals surface area contributed by atoms with Crippen LogP contribution in [0.5, 0.6) is 0 Å². The van der Waals surface area contributed by atoms with Gasteiger partial charge >= 0.3 is 0 Å². The highest BCUT2D eigenvalue weighted by molar-refractivity contribution is 7.91. The molecule has 4 heterocycles. The van der Waals surface area contributed by atoms with Crippen LogP contribution in [0.15, 0.2) is 30.6 Å². The number of amides is 1. The lowest BCUT2D eigenvalue weighted by Crippen LogP contribution is -2.60. The van der Waals surface area contributed by atoms with Gasteiger partial charge in [-0.1, -0.05) is 6.07 Å². The van der Waals surface area contributed by atoms with E-state index in [9.17, 15) is 13.2 Å². The molecule has 0 spiro atoms. The van der Waals surface area contributed by atoms with Gasteiger partial charge in [-0.3, -0.25) is 19.4 Å². The van der Waals surface area contributed by atoms with E-state index in [0.717, 1.165) is 5.69 Å². The predicted molar refractivity (Wildman–Crippen MR) is 105 cm³/mol. The second kappa shape index (κ2) is 7.29. The van der Waals surface area contributed by atoms with E-state index in [-0.39, 0.29) is 29.5 Å². The molecule has 2 saturated heterocycles. The summed E-state index contributed by atoms with van der Waals surface area (Å²) in [6.07, 6.45) is 3.50. The van der Waals surface area contributed by atoms with Gasteiger partial charge in [0.1, 0.15) is 0 Å². The number of fused-ring (bicyclic) bond motifs is 1. The molecule has 2 atom stereocenters. The summed E-state index contributed by atoms with van der Waals surface area (Å²) < 4.78 is 26.6. The van der Waals surface area contributed by atoms with Crippen LogP contribution in [0.2, 0.25) is 0 Å². The Hall–Kier alpha value is -2.26. The Balaban J connectivity index is 1.59. The van der Waals surface area contributed by atoms with E-state index in [4.69, 9.17) is 0 Å². The molecule has 8 nitrogen and oxygen atoms in total. The molecule has 0 radical (unpaired) electrons. The highest BCUT2D eigenvalue weighted by Gasteiger charge is 2.48.